The van der Waals surface area contributed by atoms with Gasteiger partial charge >= 0.3 is 158 Å². The summed E-state index contributed by atoms with van der Waals surface area (Å²) in [5.74, 6) is 0.271. The first-order valence-electron chi connectivity index (χ1n) is 29.5. The van der Waals surface area contributed by atoms with E-state index in [2.05, 4.69) is 54.3 Å². The second-order valence-corrected chi connectivity index (χ2v) is 22.1. The van der Waals surface area contributed by atoms with Crippen LogP contribution < -0.4 is 111 Å². The van der Waals surface area contributed by atoms with Crippen LogP contribution in [0.15, 0.2) is 146 Å². The minimum atomic E-state index is -1.50. The molecule has 0 fully saturated rings. The van der Waals surface area contributed by atoms with E-state index in [9.17, 15) is 79.2 Å². The molecule has 2 aromatic carbocycles. The van der Waals surface area contributed by atoms with Crippen molar-refractivity contribution in [3.05, 3.63) is 179 Å². The molecule has 2 N–H and O–H groups in total. The molecule has 0 unspecified atom stereocenters. The van der Waals surface area contributed by atoms with Crippen LogP contribution in [0.3, 0.4) is 0 Å². The molecule has 508 valence electrons. The van der Waals surface area contributed by atoms with Crippen molar-refractivity contribution >= 4 is 65.1 Å². The Morgan fingerprint density at radius 1 is 0.324 bits per heavy atom. The SMILES string of the molecule is O=C([O-])CN(CC(=O)[O-])Cc1cccc(-c2cc(-c3ccc(C#CCNC(=S)NCC#Cc4ccc(-c5cc(-c6cccc(CN(CC(=O)[O-])CC(=O)[O-])n6)nc(-c6cccc(CN(CC(=O)[O-])CC(=O)[O-])n6)c5)cc4)cc3)cc(-c3cccc(CN(CC(=O)[O-])CC(=O)[O-])n3)n2)n1.[Eu+3].[Eu+3].[Na+].[Na+]. The summed E-state index contributed by atoms with van der Waals surface area (Å²) in [4.78, 5) is 124. The third-order valence-corrected chi connectivity index (χ3v) is 14.2. The molecule has 0 aliphatic carbocycles. The predicted octanol–water partition coefficient (Wildman–Crippen LogP) is -11.9. The smallest absolute Gasteiger partial charge is 0.549 e. The number of carbonyl (C=O) groups excluding carboxylic acids is 8. The van der Waals surface area contributed by atoms with Crippen molar-refractivity contribution in [1.82, 2.24) is 60.1 Å². The molecule has 33 heteroatoms. The number of carboxylic acid groups (broad SMARTS) is 8. The van der Waals surface area contributed by atoms with E-state index in [-0.39, 0.29) is 202 Å². The Morgan fingerprint density at radius 2 is 0.549 bits per heavy atom. The monoisotopic (exact) mass is 1690 g/mol. The average Bonchev–Trinajstić information content (AvgIpc) is 0.802. The van der Waals surface area contributed by atoms with E-state index in [4.69, 9.17) is 22.2 Å². The molecular weight excluding hydrogens is 1630 g/mol. The maximum Gasteiger partial charge on any atom is 3.00 e. The van der Waals surface area contributed by atoms with Crippen molar-refractivity contribution in [3.8, 4) is 91.5 Å². The number of thiocarbonyl (C=S) groups is 1. The molecule has 0 radical (unpaired) electrons. The summed E-state index contributed by atoms with van der Waals surface area (Å²) in [6.45, 7) is -6.01. The van der Waals surface area contributed by atoms with E-state index >= 15 is 0 Å². The normalized spacial score (nSPS) is 10.5. The Labute approximate surface area is 715 Å². The molecule has 6 aromatic heterocycles. The Hall–Kier alpha value is -7.08. The predicted molar refractivity (Wildman–Crippen MR) is 336 cm³/mol. The molecule has 0 amide bonds. The summed E-state index contributed by atoms with van der Waals surface area (Å²) in [5.41, 5.74) is 7.94. The van der Waals surface area contributed by atoms with Gasteiger partial charge in [-0.1, -0.05) is 72.2 Å². The first kappa shape index (κ1) is 87.3. The fourth-order valence-corrected chi connectivity index (χ4v) is 10.0. The van der Waals surface area contributed by atoms with Crippen LogP contribution in [-0.2, 0) is 64.5 Å². The summed E-state index contributed by atoms with van der Waals surface area (Å²) in [6.07, 6.45) is 0. The maximum atomic E-state index is 11.4. The fraction of sp³-hybridized carbons (Fsp3) is 0.203. The van der Waals surface area contributed by atoms with Crippen LogP contribution in [-0.4, -0.2) is 168 Å². The Morgan fingerprint density at radius 3 is 0.765 bits per heavy atom. The molecule has 0 aliphatic rings. The summed E-state index contributed by atoms with van der Waals surface area (Å²) >= 11 is 5.48. The van der Waals surface area contributed by atoms with Gasteiger partial charge in [-0.25, -0.2) is 29.9 Å². The van der Waals surface area contributed by atoms with Crippen LogP contribution in [0, 0.1) is 122 Å². The van der Waals surface area contributed by atoms with Gasteiger partial charge in [-0.2, -0.15) is 0 Å². The molecule has 0 spiro atoms. The van der Waals surface area contributed by atoms with Crippen LogP contribution in [0.2, 0.25) is 0 Å². The standard InChI is InChI=1S/C69H62N12O16S.2Eu.2Na/c82-61(83)35-78(36-62(84)85)31-49-9-1-13-53(72-49)57-27-47(28-58(76-57)54-14-2-10-50(73-54)32-79(37-63(86)87)38-64(88)89)45-21-17-43(18-22-45)7-5-25-70-69(98)71-26-6-8-44-19-23-46(24-20-44)48-29-59(55-15-3-11-51(74-55)33-80(39-65(90)91)40-66(92)93)77-60(30-48)56-16-4-12-52(75-56)34-81(41-67(94)95)42-68(96)97;;;;/h1-4,9-24,27-30H,25-26,31-42H2,(H,82,83)(H,84,85)(H,86,87)(H,88,89)(H,90,91)(H,92,93)(H,94,95)(H,96,97)(H2,70,71,98);;;;/q;2*+3;2*+1/p-8. The summed E-state index contributed by atoms with van der Waals surface area (Å²) < 4.78 is 0. The molecule has 0 atom stereocenters. The molecule has 6 heterocycles. The average molecular weight is 1690 g/mol. The molecular formula is C69H54Eu2N12Na2O16S. The topological polar surface area (TPSA) is 435 Å². The van der Waals surface area contributed by atoms with Gasteiger partial charge in [0.25, 0.3) is 0 Å². The van der Waals surface area contributed by atoms with E-state index < -0.39 is 100 Å². The van der Waals surface area contributed by atoms with E-state index in [1.807, 2.05) is 24.3 Å². The molecule has 28 nitrogen and oxygen atoms in total. The minimum absolute atomic E-state index is 0. The number of pyridine rings is 6. The Balaban J connectivity index is 0.00000551. The zero-order valence-corrected chi connectivity index (χ0v) is 64.1. The van der Waals surface area contributed by atoms with Gasteiger partial charge in [0.1, 0.15) is 0 Å². The van der Waals surface area contributed by atoms with Gasteiger partial charge < -0.3 is 89.8 Å². The minimum Gasteiger partial charge on any atom is -0.549 e. The number of carboxylic acids is 8. The largest absolute Gasteiger partial charge is 3.00 e. The van der Waals surface area contributed by atoms with Crippen molar-refractivity contribution in [2.75, 3.05) is 65.4 Å². The van der Waals surface area contributed by atoms with Gasteiger partial charge in [0.05, 0.1) is 129 Å². The molecule has 8 aromatic rings. The number of carbonyl (C=O) groups is 8. The number of nitrogens with zero attached hydrogens (tertiary/aromatic N) is 10. The van der Waals surface area contributed by atoms with Crippen LogP contribution in [0.25, 0.3) is 67.8 Å². The van der Waals surface area contributed by atoms with Gasteiger partial charge in [0, 0.05) is 89.7 Å². The van der Waals surface area contributed by atoms with Crippen molar-refractivity contribution in [2.24, 2.45) is 0 Å². The van der Waals surface area contributed by atoms with Crippen LogP contribution in [0.1, 0.15) is 33.9 Å². The summed E-state index contributed by atoms with van der Waals surface area (Å²) in [5, 5.41) is 97.8. The zero-order chi connectivity index (χ0) is 70.3. The van der Waals surface area contributed by atoms with Gasteiger partial charge in [-0.05, 0) is 132 Å². The fourth-order valence-electron chi connectivity index (χ4n) is 9.90. The van der Waals surface area contributed by atoms with Gasteiger partial charge in [-0.15, -0.1) is 0 Å². The molecule has 0 aliphatic heterocycles. The number of rotatable bonds is 32. The van der Waals surface area contributed by atoms with E-state index in [0.29, 0.717) is 102 Å². The molecule has 102 heavy (non-hydrogen) atoms. The van der Waals surface area contributed by atoms with Crippen LogP contribution in [0.5, 0.6) is 0 Å². The van der Waals surface area contributed by atoms with Crippen molar-refractivity contribution in [3.63, 3.8) is 0 Å². The third-order valence-electron chi connectivity index (χ3n) is 13.9. The van der Waals surface area contributed by atoms with E-state index in [0.717, 1.165) is 19.6 Å². The molecule has 8 rings (SSSR count). The third kappa shape index (κ3) is 29.6. The van der Waals surface area contributed by atoms with E-state index in [1.165, 1.54) is 0 Å². The number of nitrogens with one attached hydrogen (secondary N) is 2. The summed E-state index contributed by atoms with van der Waals surface area (Å²) in [6, 6.07) is 41.1. The molecule has 0 bridgehead atoms. The van der Waals surface area contributed by atoms with Gasteiger partial charge in [-0.3, -0.25) is 19.6 Å². The Bertz CT molecular complexity index is 3930. The number of hydrogen-bond acceptors (Lipinski definition) is 27. The van der Waals surface area contributed by atoms with Crippen LogP contribution >= 0.6 is 12.2 Å². The van der Waals surface area contributed by atoms with Crippen molar-refractivity contribution in [2.45, 2.75) is 26.2 Å². The Kier molecular flexibility index (Phi) is 37.6. The van der Waals surface area contributed by atoms with Gasteiger partial charge in [0.2, 0.25) is 0 Å². The first-order valence-corrected chi connectivity index (χ1v) is 29.9. The van der Waals surface area contributed by atoms with Crippen LogP contribution in [0.4, 0.5) is 0 Å². The molecule has 0 saturated heterocycles. The quantitative estimate of drug-likeness (QED) is 0.0225. The second-order valence-electron chi connectivity index (χ2n) is 21.7. The number of benzene rings is 2. The maximum absolute atomic E-state index is 11.4. The number of hydrogen-bond donors (Lipinski definition) is 2. The van der Waals surface area contributed by atoms with E-state index in [1.54, 1.807) is 121 Å². The van der Waals surface area contributed by atoms with Crippen molar-refractivity contribution in [1.29, 1.82) is 0 Å². The first-order chi connectivity index (χ1) is 46.9. The van der Waals surface area contributed by atoms with Gasteiger partial charge in [0.15, 0.2) is 5.11 Å². The zero-order valence-electron chi connectivity index (χ0n) is 54.4. The summed E-state index contributed by atoms with van der Waals surface area (Å²) in [7, 11) is 0. The van der Waals surface area contributed by atoms with Crippen molar-refractivity contribution < 1.29 is 237 Å². The molecule has 0 saturated carbocycles. The number of aliphatic carboxylic acids is 8. The second kappa shape index (κ2) is 43.9. The number of aromatic nitrogens is 6.